The van der Waals surface area contributed by atoms with E-state index in [1.807, 2.05) is 42.5 Å². The molecule has 0 bridgehead atoms. The maximum atomic E-state index is 12.3. The van der Waals surface area contributed by atoms with Crippen molar-refractivity contribution in [1.82, 2.24) is 10.2 Å². The van der Waals surface area contributed by atoms with Crippen molar-refractivity contribution in [3.63, 3.8) is 0 Å². The molecule has 1 heterocycles. The highest BCUT2D eigenvalue weighted by molar-refractivity contribution is 6.05. The molecule has 0 radical (unpaired) electrons. The molecule has 1 N–H and O–H groups in total. The third kappa shape index (κ3) is 3.55. The van der Waals surface area contributed by atoms with Crippen LogP contribution in [0.25, 0.3) is 0 Å². The number of imide groups is 1. The van der Waals surface area contributed by atoms with E-state index in [9.17, 15) is 14.4 Å². The van der Waals surface area contributed by atoms with Gasteiger partial charge in [-0.3, -0.25) is 19.3 Å². The summed E-state index contributed by atoms with van der Waals surface area (Å²) in [6, 6.07) is 9.71. The van der Waals surface area contributed by atoms with Crippen LogP contribution in [0.1, 0.15) is 31.2 Å². The van der Waals surface area contributed by atoms with Crippen LogP contribution in [0.5, 0.6) is 0 Å². The summed E-state index contributed by atoms with van der Waals surface area (Å²) in [4.78, 5) is 37.9. The summed E-state index contributed by atoms with van der Waals surface area (Å²) in [5.74, 6) is -0.570. The van der Waals surface area contributed by atoms with Gasteiger partial charge in [0.2, 0.25) is 17.7 Å². The monoisotopic (exact) mass is 326 g/mol. The number of carbonyl (C=O) groups is 3. The summed E-state index contributed by atoms with van der Waals surface area (Å²) < 4.78 is 0. The van der Waals surface area contributed by atoms with Gasteiger partial charge in [0.15, 0.2) is 0 Å². The van der Waals surface area contributed by atoms with E-state index in [4.69, 9.17) is 0 Å². The van der Waals surface area contributed by atoms with E-state index in [0.717, 1.165) is 5.56 Å². The van der Waals surface area contributed by atoms with Gasteiger partial charge in [0.05, 0.1) is 11.8 Å². The Morgan fingerprint density at radius 3 is 2.29 bits per heavy atom. The molecule has 1 saturated heterocycles. The first-order chi connectivity index (χ1) is 11.7. The van der Waals surface area contributed by atoms with Crippen molar-refractivity contribution in [2.75, 3.05) is 6.54 Å². The molecule has 1 fully saturated rings. The van der Waals surface area contributed by atoms with Gasteiger partial charge in [-0.15, -0.1) is 0 Å². The minimum atomic E-state index is -0.186. The Morgan fingerprint density at radius 1 is 1.04 bits per heavy atom. The highest BCUT2D eigenvalue weighted by Crippen LogP contribution is 2.35. The lowest BCUT2D eigenvalue weighted by atomic mass is 9.85. The van der Waals surface area contributed by atoms with Crippen molar-refractivity contribution < 1.29 is 14.4 Å². The average Bonchev–Trinajstić information content (AvgIpc) is 2.86. The fraction of sp³-hybridized carbons (Fsp3) is 0.421. The van der Waals surface area contributed by atoms with Gasteiger partial charge in [0.1, 0.15) is 0 Å². The number of benzene rings is 1. The molecule has 0 aromatic heterocycles. The van der Waals surface area contributed by atoms with Crippen molar-refractivity contribution in [3.8, 4) is 0 Å². The Morgan fingerprint density at radius 2 is 1.67 bits per heavy atom. The second-order valence-corrected chi connectivity index (χ2v) is 6.35. The van der Waals surface area contributed by atoms with Crippen LogP contribution in [-0.2, 0) is 20.9 Å². The zero-order chi connectivity index (χ0) is 16.9. The second-order valence-electron chi connectivity index (χ2n) is 6.35. The van der Waals surface area contributed by atoms with Crippen molar-refractivity contribution in [2.24, 2.45) is 11.8 Å². The molecule has 126 valence electrons. The molecule has 24 heavy (non-hydrogen) atoms. The number of likely N-dealkylation sites (tertiary alicyclic amines) is 1. The van der Waals surface area contributed by atoms with Gasteiger partial charge in [0.25, 0.3) is 0 Å². The molecule has 3 amide bonds. The topological polar surface area (TPSA) is 66.5 Å². The van der Waals surface area contributed by atoms with Crippen LogP contribution in [-0.4, -0.2) is 29.2 Å². The number of hydrogen-bond donors (Lipinski definition) is 1. The lowest BCUT2D eigenvalue weighted by Crippen LogP contribution is -2.33. The smallest absolute Gasteiger partial charge is 0.233 e. The summed E-state index contributed by atoms with van der Waals surface area (Å²) in [7, 11) is 0. The van der Waals surface area contributed by atoms with Crippen molar-refractivity contribution in [2.45, 2.75) is 32.2 Å². The van der Waals surface area contributed by atoms with Gasteiger partial charge in [0, 0.05) is 19.5 Å². The van der Waals surface area contributed by atoms with E-state index in [1.165, 1.54) is 4.90 Å². The van der Waals surface area contributed by atoms with Crippen molar-refractivity contribution in [3.05, 3.63) is 48.0 Å². The predicted molar refractivity (Wildman–Crippen MR) is 89.6 cm³/mol. The fourth-order valence-corrected chi connectivity index (χ4v) is 3.37. The Balaban J connectivity index is 1.42. The van der Waals surface area contributed by atoms with Crippen LogP contribution >= 0.6 is 0 Å². The highest BCUT2D eigenvalue weighted by Gasteiger charge is 2.46. The fourth-order valence-electron chi connectivity index (χ4n) is 3.37. The van der Waals surface area contributed by atoms with E-state index in [1.54, 1.807) is 0 Å². The Hall–Kier alpha value is -2.43. The van der Waals surface area contributed by atoms with Gasteiger partial charge < -0.3 is 5.32 Å². The molecular weight excluding hydrogens is 304 g/mol. The maximum absolute atomic E-state index is 12.3. The molecular formula is C19H22N2O3. The molecule has 0 unspecified atom stereocenters. The van der Waals surface area contributed by atoms with Crippen LogP contribution in [0.4, 0.5) is 0 Å². The minimum absolute atomic E-state index is 0.0583. The van der Waals surface area contributed by atoms with Gasteiger partial charge in [-0.05, 0) is 24.8 Å². The first-order valence-corrected chi connectivity index (χ1v) is 8.47. The molecule has 1 aromatic rings. The Labute approximate surface area is 141 Å². The second kappa shape index (κ2) is 7.43. The Kier molecular flexibility index (Phi) is 5.08. The molecule has 1 aliphatic heterocycles. The summed E-state index contributed by atoms with van der Waals surface area (Å²) in [6.07, 6.45) is 6.09. The first kappa shape index (κ1) is 16.4. The van der Waals surface area contributed by atoms with Crippen LogP contribution in [0.2, 0.25) is 0 Å². The number of hydrogen-bond acceptors (Lipinski definition) is 3. The number of fused-ring (bicyclic) bond motifs is 1. The lowest BCUT2D eigenvalue weighted by Gasteiger charge is -2.14. The first-order valence-electron chi connectivity index (χ1n) is 8.47. The number of amides is 3. The van der Waals surface area contributed by atoms with Gasteiger partial charge in [-0.1, -0.05) is 42.5 Å². The van der Waals surface area contributed by atoms with E-state index in [-0.39, 0.29) is 29.6 Å². The molecule has 0 saturated carbocycles. The van der Waals surface area contributed by atoms with E-state index in [0.29, 0.717) is 38.8 Å². The van der Waals surface area contributed by atoms with Crippen molar-refractivity contribution in [1.29, 1.82) is 0 Å². The number of allylic oxidation sites excluding steroid dienone is 2. The zero-order valence-corrected chi connectivity index (χ0v) is 13.6. The third-order valence-electron chi connectivity index (χ3n) is 4.72. The number of rotatable bonds is 6. The number of nitrogens with zero attached hydrogens (tertiary/aromatic N) is 1. The summed E-state index contributed by atoms with van der Waals surface area (Å²) in [6.45, 7) is 0.834. The molecule has 2 aliphatic rings. The third-order valence-corrected chi connectivity index (χ3v) is 4.72. The molecule has 5 heteroatoms. The van der Waals surface area contributed by atoms with Crippen LogP contribution in [0.15, 0.2) is 42.5 Å². The normalized spacial score (nSPS) is 22.6. The van der Waals surface area contributed by atoms with Gasteiger partial charge in [-0.2, -0.15) is 0 Å². The van der Waals surface area contributed by atoms with Crippen LogP contribution in [0.3, 0.4) is 0 Å². The molecule has 5 nitrogen and oxygen atoms in total. The Bertz CT molecular complexity index is 628. The standard InChI is InChI=1S/C19H22N2O3/c22-17(20-13-14-7-2-1-3-8-14)11-6-12-21-18(23)15-9-4-5-10-16(15)19(21)24/h1-5,7-8,15-16H,6,9-13H2,(H,20,22)/t15-,16+. The summed E-state index contributed by atoms with van der Waals surface area (Å²) >= 11 is 0. The maximum Gasteiger partial charge on any atom is 0.233 e. The molecule has 3 rings (SSSR count). The summed E-state index contributed by atoms with van der Waals surface area (Å²) in [5.41, 5.74) is 1.05. The average molecular weight is 326 g/mol. The predicted octanol–water partition coefficient (Wildman–Crippen LogP) is 2.03. The molecule has 0 spiro atoms. The largest absolute Gasteiger partial charge is 0.352 e. The quantitative estimate of drug-likeness (QED) is 0.642. The van der Waals surface area contributed by atoms with Gasteiger partial charge in [-0.25, -0.2) is 0 Å². The lowest BCUT2D eigenvalue weighted by molar-refractivity contribution is -0.140. The SMILES string of the molecule is O=C(CCCN1C(=O)[C@H]2CC=CC[C@H]2C1=O)NCc1ccccc1. The molecule has 2 atom stereocenters. The highest BCUT2D eigenvalue weighted by atomic mass is 16.2. The number of carbonyl (C=O) groups excluding carboxylic acids is 3. The van der Waals surface area contributed by atoms with E-state index < -0.39 is 0 Å². The molecule has 1 aliphatic carbocycles. The molecule has 1 aromatic carbocycles. The zero-order valence-electron chi connectivity index (χ0n) is 13.6. The number of nitrogens with one attached hydrogen (secondary N) is 1. The van der Waals surface area contributed by atoms with Crippen molar-refractivity contribution >= 4 is 17.7 Å². The van der Waals surface area contributed by atoms with E-state index >= 15 is 0 Å². The van der Waals surface area contributed by atoms with Crippen LogP contribution in [0, 0.1) is 11.8 Å². The van der Waals surface area contributed by atoms with Crippen LogP contribution < -0.4 is 5.32 Å². The van der Waals surface area contributed by atoms with E-state index in [2.05, 4.69) is 5.32 Å². The summed E-state index contributed by atoms with van der Waals surface area (Å²) in [5, 5.41) is 2.86. The van der Waals surface area contributed by atoms with Gasteiger partial charge >= 0.3 is 0 Å². The minimum Gasteiger partial charge on any atom is -0.352 e.